The third kappa shape index (κ3) is 5.07. The molecule has 5 heteroatoms. The van der Waals surface area contributed by atoms with Gasteiger partial charge in [0.25, 0.3) is 5.91 Å². The maximum absolute atomic E-state index is 12.3. The number of hydrogen-bond acceptors (Lipinski definition) is 4. The molecular formula is C18H24N4O. The summed E-state index contributed by atoms with van der Waals surface area (Å²) in [6.45, 7) is 5.81. The van der Waals surface area contributed by atoms with Crippen LogP contribution >= 0.6 is 0 Å². The maximum atomic E-state index is 12.3. The van der Waals surface area contributed by atoms with Crippen LogP contribution in [0.2, 0.25) is 0 Å². The number of rotatable bonds is 6. The Labute approximate surface area is 137 Å². The van der Waals surface area contributed by atoms with E-state index in [2.05, 4.69) is 20.5 Å². The molecule has 0 aliphatic carbocycles. The summed E-state index contributed by atoms with van der Waals surface area (Å²) in [4.78, 5) is 18.6. The smallest absolute Gasteiger partial charge is 0.274 e. The molecule has 0 bridgehead atoms. The molecule has 0 unspecified atom stereocenters. The molecule has 23 heavy (non-hydrogen) atoms. The number of nitrogens with zero attached hydrogens (tertiary/aromatic N) is 2. The van der Waals surface area contributed by atoms with Gasteiger partial charge in [0.2, 0.25) is 0 Å². The van der Waals surface area contributed by atoms with E-state index in [1.54, 1.807) is 12.3 Å². The van der Waals surface area contributed by atoms with Gasteiger partial charge in [0.05, 0.1) is 0 Å². The van der Waals surface area contributed by atoms with Gasteiger partial charge < -0.3 is 15.5 Å². The standard InChI is InChI=1S/C18H24N4O/c1-13-5-6-16(11-14(13)2)21-18(23)17-12-15(7-8-20-17)19-9-10-22(3)4/h5-8,11-12H,9-10H2,1-4H3,(H,19,20)(H,21,23). The molecule has 122 valence electrons. The highest BCUT2D eigenvalue weighted by atomic mass is 16.1. The molecule has 0 saturated carbocycles. The van der Waals surface area contributed by atoms with Crippen molar-refractivity contribution in [1.82, 2.24) is 9.88 Å². The summed E-state index contributed by atoms with van der Waals surface area (Å²) in [6, 6.07) is 9.50. The minimum absolute atomic E-state index is 0.204. The number of nitrogens with one attached hydrogen (secondary N) is 2. The van der Waals surface area contributed by atoms with E-state index in [1.165, 1.54) is 5.56 Å². The van der Waals surface area contributed by atoms with Gasteiger partial charge in [-0.1, -0.05) is 6.07 Å². The monoisotopic (exact) mass is 312 g/mol. The van der Waals surface area contributed by atoms with Crippen LogP contribution in [0.5, 0.6) is 0 Å². The van der Waals surface area contributed by atoms with Gasteiger partial charge in [0, 0.05) is 30.7 Å². The van der Waals surface area contributed by atoms with E-state index in [0.717, 1.165) is 30.0 Å². The van der Waals surface area contributed by atoms with Crippen LogP contribution in [0, 0.1) is 13.8 Å². The Hall–Kier alpha value is -2.40. The van der Waals surface area contributed by atoms with Crippen LogP contribution in [0.1, 0.15) is 21.6 Å². The summed E-state index contributed by atoms with van der Waals surface area (Å²) >= 11 is 0. The molecule has 2 rings (SSSR count). The van der Waals surface area contributed by atoms with Gasteiger partial charge in [-0.15, -0.1) is 0 Å². The fraction of sp³-hybridized carbons (Fsp3) is 0.333. The average Bonchev–Trinajstić information content (AvgIpc) is 2.51. The molecule has 1 amide bonds. The maximum Gasteiger partial charge on any atom is 0.274 e. The lowest BCUT2D eigenvalue weighted by Gasteiger charge is -2.12. The molecular weight excluding hydrogens is 288 g/mol. The van der Waals surface area contributed by atoms with E-state index in [0.29, 0.717) is 5.69 Å². The summed E-state index contributed by atoms with van der Waals surface area (Å²) in [5.74, 6) is -0.204. The zero-order valence-electron chi connectivity index (χ0n) is 14.2. The highest BCUT2D eigenvalue weighted by Crippen LogP contribution is 2.15. The molecule has 2 N–H and O–H groups in total. The lowest BCUT2D eigenvalue weighted by Crippen LogP contribution is -2.21. The quantitative estimate of drug-likeness (QED) is 0.861. The first kappa shape index (κ1) is 17.0. The van der Waals surface area contributed by atoms with Gasteiger partial charge in [-0.25, -0.2) is 0 Å². The van der Waals surface area contributed by atoms with Crippen LogP contribution in [0.4, 0.5) is 11.4 Å². The number of carbonyl (C=O) groups excluding carboxylic acids is 1. The van der Waals surface area contributed by atoms with Crippen LogP contribution in [-0.4, -0.2) is 43.0 Å². The van der Waals surface area contributed by atoms with E-state index in [1.807, 2.05) is 52.2 Å². The first-order valence-electron chi connectivity index (χ1n) is 7.69. The zero-order chi connectivity index (χ0) is 16.8. The largest absolute Gasteiger partial charge is 0.384 e. The topological polar surface area (TPSA) is 57.3 Å². The number of anilines is 2. The van der Waals surface area contributed by atoms with Gasteiger partial charge in [-0.05, 0) is 63.3 Å². The number of likely N-dealkylation sites (N-methyl/N-ethyl adjacent to an activating group) is 1. The fourth-order valence-corrected chi connectivity index (χ4v) is 2.10. The third-order valence-electron chi connectivity index (χ3n) is 3.65. The molecule has 1 aromatic carbocycles. The molecule has 5 nitrogen and oxygen atoms in total. The summed E-state index contributed by atoms with van der Waals surface area (Å²) < 4.78 is 0. The molecule has 0 radical (unpaired) electrons. The van der Waals surface area contributed by atoms with E-state index >= 15 is 0 Å². The van der Waals surface area contributed by atoms with Gasteiger partial charge in [-0.3, -0.25) is 9.78 Å². The van der Waals surface area contributed by atoms with Crippen molar-refractivity contribution in [2.75, 3.05) is 37.8 Å². The Balaban J connectivity index is 2.02. The SMILES string of the molecule is Cc1ccc(NC(=O)c2cc(NCCN(C)C)ccn2)cc1C. The minimum atomic E-state index is -0.204. The summed E-state index contributed by atoms with van der Waals surface area (Å²) in [5.41, 5.74) is 4.43. The Morgan fingerprint density at radius 1 is 1.09 bits per heavy atom. The number of benzene rings is 1. The minimum Gasteiger partial charge on any atom is -0.384 e. The van der Waals surface area contributed by atoms with Crippen molar-refractivity contribution in [1.29, 1.82) is 0 Å². The van der Waals surface area contributed by atoms with Crippen molar-refractivity contribution in [3.05, 3.63) is 53.3 Å². The van der Waals surface area contributed by atoms with E-state index in [-0.39, 0.29) is 5.91 Å². The number of pyridine rings is 1. The van der Waals surface area contributed by atoms with Crippen molar-refractivity contribution in [2.45, 2.75) is 13.8 Å². The average molecular weight is 312 g/mol. The highest BCUT2D eigenvalue weighted by molar-refractivity contribution is 6.03. The normalized spacial score (nSPS) is 10.7. The Kier molecular flexibility index (Phi) is 5.71. The lowest BCUT2D eigenvalue weighted by atomic mass is 10.1. The number of aromatic nitrogens is 1. The molecule has 0 saturated heterocycles. The van der Waals surface area contributed by atoms with Crippen LogP contribution in [-0.2, 0) is 0 Å². The summed E-state index contributed by atoms with van der Waals surface area (Å²) in [5, 5.41) is 6.18. The molecule has 2 aromatic rings. The third-order valence-corrected chi connectivity index (χ3v) is 3.65. The van der Waals surface area contributed by atoms with Crippen molar-refractivity contribution >= 4 is 17.3 Å². The predicted molar refractivity (Wildman–Crippen MR) is 95.1 cm³/mol. The molecule has 1 aromatic heterocycles. The Bertz CT molecular complexity index is 682. The van der Waals surface area contributed by atoms with E-state index in [4.69, 9.17) is 0 Å². The van der Waals surface area contributed by atoms with Gasteiger partial charge in [0.15, 0.2) is 0 Å². The Morgan fingerprint density at radius 2 is 1.87 bits per heavy atom. The van der Waals surface area contributed by atoms with Gasteiger partial charge in [0.1, 0.15) is 5.69 Å². The van der Waals surface area contributed by atoms with Crippen LogP contribution in [0.25, 0.3) is 0 Å². The van der Waals surface area contributed by atoms with E-state index < -0.39 is 0 Å². The number of carbonyl (C=O) groups is 1. The van der Waals surface area contributed by atoms with E-state index in [9.17, 15) is 4.79 Å². The molecule has 0 atom stereocenters. The first-order valence-corrected chi connectivity index (χ1v) is 7.69. The number of amides is 1. The zero-order valence-corrected chi connectivity index (χ0v) is 14.2. The van der Waals surface area contributed by atoms with Crippen LogP contribution in [0.15, 0.2) is 36.5 Å². The molecule has 0 fully saturated rings. The fourth-order valence-electron chi connectivity index (χ4n) is 2.10. The van der Waals surface area contributed by atoms with Crippen molar-refractivity contribution in [2.24, 2.45) is 0 Å². The Morgan fingerprint density at radius 3 is 2.57 bits per heavy atom. The second-order valence-corrected chi connectivity index (χ2v) is 5.91. The predicted octanol–water partition coefficient (Wildman–Crippen LogP) is 2.92. The van der Waals surface area contributed by atoms with Crippen molar-refractivity contribution in [3.8, 4) is 0 Å². The molecule has 0 aliphatic rings. The van der Waals surface area contributed by atoms with Crippen molar-refractivity contribution in [3.63, 3.8) is 0 Å². The van der Waals surface area contributed by atoms with Crippen molar-refractivity contribution < 1.29 is 4.79 Å². The lowest BCUT2D eigenvalue weighted by molar-refractivity contribution is 0.102. The molecule has 0 spiro atoms. The molecule has 1 heterocycles. The first-order chi connectivity index (χ1) is 11.0. The second-order valence-electron chi connectivity index (χ2n) is 5.91. The van der Waals surface area contributed by atoms with Crippen LogP contribution in [0.3, 0.4) is 0 Å². The highest BCUT2D eigenvalue weighted by Gasteiger charge is 2.09. The number of aryl methyl sites for hydroxylation is 2. The molecule has 0 aliphatic heterocycles. The second kappa shape index (κ2) is 7.74. The van der Waals surface area contributed by atoms with Gasteiger partial charge >= 0.3 is 0 Å². The summed E-state index contributed by atoms with van der Waals surface area (Å²) in [7, 11) is 4.05. The number of hydrogen-bond donors (Lipinski definition) is 2. The van der Waals surface area contributed by atoms with Gasteiger partial charge in [-0.2, -0.15) is 0 Å². The van der Waals surface area contributed by atoms with Crippen LogP contribution < -0.4 is 10.6 Å². The summed E-state index contributed by atoms with van der Waals surface area (Å²) in [6.07, 6.45) is 1.65.